The fourth-order valence-electron chi connectivity index (χ4n) is 2.22. The summed E-state index contributed by atoms with van der Waals surface area (Å²) in [7, 11) is 1.29. The fourth-order valence-corrected chi connectivity index (χ4v) is 2.22. The summed E-state index contributed by atoms with van der Waals surface area (Å²) >= 11 is 0. The number of nitrogens with zero attached hydrogens (tertiary/aromatic N) is 2. The van der Waals surface area contributed by atoms with E-state index < -0.39 is 17.6 Å². The van der Waals surface area contributed by atoms with E-state index in [2.05, 4.69) is 20.6 Å². The molecular formula is C18H14F2N4O2. The normalized spacial score (nSPS) is 10.3. The topological polar surface area (TPSA) is 76.1 Å². The number of halogens is 2. The van der Waals surface area contributed by atoms with E-state index in [1.54, 1.807) is 24.3 Å². The Hall–Kier alpha value is -3.55. The number of esters is 1. The van der Waals surface area contributed by atoms with Gasteiger partial charge in [0.1, 0.15) is 17.5 Å². The van der Waals surface area contributed by atoms with Crippen molar-refractivity contribution < 1.29 is 18.3 Å². The fraction of sp³-hybridized carbons (Fsp3) is 0.0556. The second kappa shape index (κ2) is 7.56. The molecule has 0 radical (unpaired) electrons. The van der Waals surface area contributed by atoms with E-state index in [0.717, 1.165) is 12.1 Å². The first-order valence-corrected chi connectivity index (χ1v) is 7.56. The van der Waals surface area contributed by atoms with Crippen molar-refractivity contribution in [1.29, 1.82) is 0 Å². The molecule has 1 heterocycles. The smallest absolute Gasteiger partial charge is 0.339 e. The Balaban J connectivity index is 1.83. The maximum Gasteiger partial charge on any atom is 0.339 e. The van der Waals surface area contributed by atoms with E-state index in [0.29, 0.717) is 17.1 Å². The molecule has 0 bridgehead atoms. The summed E-state index contributed by atoms with van der Waals surface area (Å²) in [6.45, 7) is 0. The van der Waals surface area contributed by atoms with Gasteiger partial charge in [-0.15, -0.1) is 0 Å². The van der Waals surface area contributed by atoms with Crippen LogP contribution in [-0.2, 0) is 4.74 Å². The van der Waals surface area contributed by atoms with E-state index in [1.807, 2.05) is 0 Å². The maximum absolute atomic E-state index is 13.8. The van der Waals surface area contributed by atoms with Gasteiger partial charge in [0.2, 0.25) is 5.95 Å². The molecule has 26 heavy (non-hydrogen) atoms. The molecule has 0 atom stereocenters. The summed E-state index contributed by atoms with van der Waals surface area (Å²) in [6.07, 6.45) is 1.46. The van der Waals surface area contributed by atoms with E-state index in [4.69, 9.17) is 4.74 Å². The largest absolute Gasteiger partial charge is 0.465 e. The van der Waals surface area contributed by atoms with Crippen molar-refractivity contribution in [2.75, 3.05) is 17.7 Å². The molecule has 0 unspecified atom stereocenters. The van der Waals surface area contributed by atoms with Crippen LogP contribution in [0.25, 0.3) is 0 Å². The summed E-state index contributed by atoms with van der Waals surface area (Å²) in [4.78, 5) is 20.1. The lowest BCUT2D eigenvalue weighted by molar-refractivity contribution is 0.0602. The van der Waals surface area contributed by atoms with Gasteiger partial charge in [0.15, 0.2) is 0 Å². The molecule has 0 aliphatic heterocycles. The van der Waals surface area contributed by atoms with Crippen LogP contribution in [0, 0.1) is 11.6 Å². The highest BCUT2D eigenvalue weighted by Gasteiger charge is 2.12. The van der Waals surface area contributed by atoms with Gasteiger partial charge >= 0.3 is 5.97 Å². The summed E-state index contributed by atoms with van der Waals surface area (Å²) < 4.78 is 31.5. The van der Waals surface area contributed by atoms with Crippen molar-refractivity contribution in [3.63, 3.8) is 0 Å². The Labute approximate surface area is 147 Å². The molecule has 3 rings (SSSR count). The summed E-state index contributed by atoms with van der Waals surface area (Å²) in [6, 6.07) is 11.4. The molecule has 0 amide bonds. The van der Waals surface area contributed by atoms with Crippen molar-refractivity contribution in [2.24, 2.45) is 0 Å². The molecule has 2 N–H and O–H groups in total. The zero-order valence-corrected chi connectivity index (χ0v) is 13.7. The summed E-state index contributed by atoms with van der Waals surface area (Å²) in [5.74, 6) is -1.43. The quantitative estimate of drug-likeness (QED) is 0.672. The summed E-state index contributed by atoms with van der Waals surface area (Å²) in [5, 5.41) is 5.67. The number of benzene rings is 2. The molecule has 0 saturated carbocycles. The van der Waals surface area contributed by atoms with Gasteiger partial charge in [0.05, 0.1) is 24.0 Å². The van der Waals surface area contributed by atoms with Crippen molar-refractivity contribution >= 4 is 29.1 Å². The van der Waals surface area contributed by atoms with Crippen LogP contribution in [0.4, 0.5) is 31.9 Å². The van der Waals surface area contributed by atoms with Gasteiger partial charge in [-0.3, -0.25) is 0 Å². The van der Waals surface area contributed by atoms with Gasteiger partial charge in [-0.1, -0.05) is 12.1 Å². The van der Waals surface area contributed by atoms with Gasteiger partial charge in [-0.25, -0.2) is 18.6 Å². The lowest BCUT2D eigenvalue weighted by Crippen LogP contribution is -2.07. The molecule has 3 aromatic rings. The van der Waals surface area contributed by atoms with Crippen LogP contribution in [0.3, 0.4) is 0 Å². The lowest BCUT2D eigenvalue weighted by atomic mass is 10.2. The molecule has 0 saturated heterocycles. The number of anilines is 4. The number of hydrogen-bond donors (Lipinski definition) is 2. The van der Waals surface area contributed by atoms with Gasteiger partial charge in [-0.05, 0) is 30.3 Å². The number of nitrogens with one attached hydrogen (secondary N) is 2. The van der Waals surface area contributed by atoms with Crippen molar-refractivity contribution in [2.45, 2.75) is 0 Å². The molecule has 0 fully saturated rings. The van der Waals surface area contributed by atoms with E-state index in [-0.39, 0.29) is 11.6 Å². The van der Waals surface area contributed by atoms with E-state index in [1.165, 1.54) is 25.4 Å². The van der Waals surface area contributed by atoms with Crippen LogP contribution < -0.4 is 10.6 Å². The number of hydrogen-bond acceptors (Lipinski definition) is 6. The third-order valence-corrected chi connectivity index (χ3v) is 3.43. The Morgan fingerprint density at radius 2 is 1.85 bits per heavy atom. The van der Waals surface area contributed by atoms with Gasteiger partial charge in [0.25, 0.3) is 0 Å². The molecule has 6 nitrogen and oxygen atoms in total. The van der Waals surface area contributed by atoms with Crippen molar-refractivity contribution in [1.82, 2.24) is 9.97 Å². The minimum absolute atomic E-state index is 0.0750. The second-order valence-electron chi connectivity index (χ2n) is 5.18. The highest BCUT2D eigenvalue weighted by molar-refractivity contribution is 5.96. The minimum Gasteiger partial charge on any atom is -0.465 e. The third-order valence-electron chi connectivity index (χ3n) is 3.43. The molecule has 2 aromatic carbocycles. The van der Waals surface area contributed by atoms with Crippen LogP contribution in [-0.4, -0.2) is 23.0 Å². The van der Waals surface area contributed by atoms with E-state index in [9.17, 15) is 13.6 Å². The second-order valence-corrected chi connectivity index (χ2v) is 5.18. The van der Waals surface area contributed by atoms with Crippen molar-refractivity contribution in [3.05, 3.63) is 71.9 Å². The molecule has 1 aromatic heterocycles. The SMILES string of the molecule is COC(=O)c1ccccc1Nc1nccc(Nc2ccc(F)cc2F)n1. The number of carbonyl (C=O) groups is 1. The Morgan fingerprint density at radius 1 is 1.04 bits per heavy atom. The standard InChI is InChI=1S/C18H14F2N4O2/c1-26-17(25)12-4-2-3-5-14(12)23-18-21-9-8-16(24-18)22-15-7-6-11(19)10-13(15)20/h2-10H,1H3,(H2,21,22,23,24). The monoisotopic (exact) mass is 356 g/mol. The highest BCUT2D eigenvalue weighted by atomic mass is 19.1. The number of methoxy groups -OCH3 is 1. The van der Waals surface area contributed by atoms with Crippen LogP contribution in [0.2, 0.25) is 0 Å². The Kier molecular flexibility index (Phi) is 5.02. The maximum atomic E-state index is 13.8. The number of ether oxygens (including phenoxy) is 1. The number of carbonyl (C=O) groups excluding carboxylic acids is 1. The molecule has 0 aliphatic carbocycles. The molecular weight excluding hydrogens is 342 g/mol. The number of rotatable bonds is 5. The van der Waals surface area contributed by atoms with E-state index >= 15 is 0 Å². The van der Waals surface area contributed by atoms with Crippen LogP contribution in [0.1, 0.15) is 10.4 Å². The highest BCUT2D eigenvalue weighted by Crippen LogP contribution is 2.22. The first-order valence-electron chi connectivity index (χ1n) is 7.56. The first-order chi connectivity index (χ1) is 12.6. The first kappa shape index (κ1) is 17.3. The number of para-hydroxylation sites is 1. The van der Waals surface area contributed by atoms with Gasteiger partial charge in [-0.2, -0.15) is 4.98 Å². The zero-order valence-electron chi connectivity index (χ0n) is 13.7. The molecule has 132 valence electrons. The average molecular weight is 356 g/mol. The van der Waals surface area contributed by atoms with Crippen molar-refractivity contribution in [3.8, 4) is 0 Å². The Morgan fingerprint density at radius 3 is 2.62 bits per heavy atom. The third kappa shape index (κ3) is 3.92. The predicted octanol–water partition coefficient (Wildman–Crippen LogP) is 4.03. The van der Waals surface area contributed by atoms with Gasteiger partial charge in [0, 0.05) is 12.3 Å². The molecule has 8 heteroatoms. The summed E-state index contributed by atoms with van der Waals surface area (Å²) in [5.41, 5.74) is 0.858. The van der Waals surface area contributed by atoms with Crippen LogP contribution >= 0.6 is 0 Å². The van der Waals surface area contributed by atoms with Crippen LogP contribution in [0.5, 0.6) is 0 Å². The van der Waals surface area contributed by atoms with Crippen LogP contribution in [0.15, 0.2) is 54.7 Å². The Bertz CT molecular complexity index is 950. The molecule has 0 aliphatic rings. The molecule has 0 spiro atoms. The van der Waals surface area contributed by atoms with Gasteiger partial charge < -0.3 is 15.4 Å². The minimum atomic E-state index is -0.742. The lowest BCUT2D eigenvalue weighted by Gasteiger charge is -2.11. The zero-order chi connectivity index (χ0) is 18.5. The average Bonchev–Trinajstić information content (AvgIpc) is 2.64. The predicted molar refractivity (Wildman–Crippen MR) is 92.7 cm³/mol. The number of aromatic nitrogens is 2.